The van der Waals surface area contributed by atoms with E-state index in [1.54, 1.807) is 27.9 Å². The van der Waals surface area contributed by atoms with E-state index in [-0.39, 0.29) is 18.1 Å². The van der Waals surface area contributed by atoms with Gasteiger partial charge in [0.2, 0.25) is 5.91 Å². The van der Waals surface area contributed by atoms with Gasteiger partial charge in [-0.05, 0) is 42.7 Å². The molecule has 0 atom stereocenters. The Morgan fingerprint density at radius 2 is 1.75 bits per heavy atom. The number of alkyl halides is 3. The summed E-state index contributed by atoms with van der Waals surface area (Å²) in [5, 5.41) is 0. The first-order chi connectivity index (χ1) is 9.16. The summed E-state index contributed by atoms with van der Waals surface area (Å²) in [6, 6.07) is 2.77. The van der Waals surface area contributed by atoms with Gasteiger partial charge in [-0.3, -0.25) is 4.79 Å². The Kier molecular flexibility index (Phi) is 5.03. The van der Waals surface area contributed by atoms with E-state index in [4.69, 9.17) is 0 Å². The molecule has 0 spiro atoms. The number of carbonyl (C=O) groups is 1. The number of aryl methyl sites for hydroxylation is 2. The van der Waals surface area contributed by atoms with Crippen LogP contribution >= 0.6 is 0 Å². The first-order valence-electron chi connectivity index (χ1n) is 6.09. The van der Waals surface area contributed by atoms with Crippen molar-refractivity contribution in [2.75, 3.05) is 20.8 Å². The molecular weight excluding hydrogens is 271 g/mol. The Morgan fingerprint density at radius 1 is 1.25 bits per heavy atom. The highest BCUT2D eigenvalue weighted by Crippen LogP contribution is 2.27. The Bertz CT molecular complexity index is 478. The average molecular weight is 289 g/mol. The van der Waals surface area contributed by atoms with Crippen LogP contribution in [0.15, 0.2) is 12.1 Å². The standard InChI is InChI=1S/C14H18F3NO2/c1-9-5-11(20-14(16,17)8-15)6-10(2)12(9)7-13(19)18(3)4/h5-6H,7-8H2,1-4H3. The molecule has 1 rings (SSSR count). The lowest BCUT2D eigenvalue weighted by atomic mass is 9.99. The first kappa shape index (κ1) is 16.3. The molecule has 0 radical (unpaired) electrons. The summed E-state index contributed by atoms with van der Waals surface area (Å²) in [6.07, 6.45) is -3.65. The number of amides is 1. The second kappa shape index (κ2) is 6.15. The Morgan fingerprint density at radius 3 is 2.15 bits per heavy atom. The monoisotopic (exact) mass is 289 g/mol. The maximum atomic E-state index is 12.9. The summed E-state index contributed by atoms with van der Waals surface area (Å²) in [5.41, 5.74) is 2.08. The zero-order chi connectivity index (χ0) is 15.5. The Balaban J connectivity index is 3.00. The van der Waals surface area contributed by atoms with Gasteiger partial charge in [0, 0.05) is 14.1 Å². The molecular formula is C14H18F3NO2. The molecule has 112 valence electrons. The molecule has 1 aromatic rings. The maximum Gasteiger partial charge on any atom is 0.427 e. The SMILES string of the molecule is Cc1cc(OC(F)(F)CF)cc(C)c1CC(=O)N(C)C. The van der Waals surface area contributed by atoms with Crippen molar-refractivity contribution in [1.29, 1.82) is 0 Å². The van der Waals surface area contributed by atoms with E-state index in [0.29, 0.717) is 11.1 Å². The minimum absolute atomic E-state index is 0.0843. The van der Waals surface area contributed by atoms with Crippen LogP contribution in [0, 0.1) is 13.8 Å². The van der Waals surface area contributed by atoms with E-state index in [2.05, 4.69) is 4.74 Å². The van der Waals surface area contributed by atoms with E-state index in [1.807, 2.05) is 0 Å². The number of benzene rings is 1. The maximum absolute atomic E-state index is 12.9. The van der Waals surface area contributed by atoms with Crippen molar-refractivity contribution >= 4 is 5.91 Å². The van der Waals surface area contributed by atoms with Crippen LogP contribution in [-0.4, -0.2) is 37.7 Å². The average Bonchev–Trinajstić information content (AvgIpc) is 2.32. The fraction of sp³-hybridized carbons (Fsp3) is 0.500. The first-order valence-corrected chi connectivity index (χ1v) is 6.09. The number of hydrogen-bond acceptors (Lipinski definition) is 2. The Labute approximate surface area is 116 Å². The highest BCUT2D eigenvalue weighted by molar-refractivity contribution is 5.79. The minimum Gasteiger partial charge on any atom is -0.431 e. The summed E-state index contributed by atoms with van der Waals surface area (Å²) in [4.78, 5) is 13.2. The van der Waals surface area contributed by atoms with Gasteiger partial charge in [0.25, 0.3) is 0 Å². The van der Waals surface area contributed by atoms with Gasteiger partial charge in [0.15, 0.2) is 6.67 Å². The lowest BCUT2D eigenvalue weighted by molar-refractivity contribution is -0.186. The summed E-state index contributed by atoms with van der Waals surface area (Å²) in [6.45, 7) is 1.52. The zero-order valence-corrected chi connectivity index (χ0v) is 12.0. The molecule has 0 N–H and O–H groups in total. The molecule has 0 saturated heterocycles. The smallest absolute Gasteiger partial charge is 0.427 e. The van der Waals surface area contributed by atoms with Crippen molar-refractivity contribution in [2.45, 2.75) is 26.4 Å². The van der Waals surface area contributed by atoms with Gasteiger partial charge in [-0.1, -0.05) is 0 Å². The van der Waals surface area contributed by atoms with Gasteiger partial charge in [-0.25, -0.2) is 4.39 Å². The second-order valence-electron chi connectivity index (χ2n) is 4.87. The van der Waals surface area contributed by atoms with Crippen LogP contribution in [0.4, 0.5) is 13.2 Å². The predicted molar refractivity (Wildman–Crippen MR) is 69.9 cm³/mol. The van der Waals surface area contributed by atoms with Crippen LogP contribution in [0.5, 0.6) is 5.75 Å². The second-order valence-corrected chi connectivity index (χ2v) is 4.87. The van der Waals surface area contributed by atoms with Gasteiger partial charge < -0.3 is 9.64 Å². The Hall–Kier alpha value is -1.72. The van der Waals surface area contributed by atoms with E-state index in [0.717, 1.165) is 5.56 Å². The van der Waals surface area contributed by atoms with Gasteiger partial charge in [-0.15, -0.1) is 0 Å². The fourth-order valence-electron chi connectivity index (χ4n) is 1.80. The quantitative estimate of drug-likeness (QED) is 0.834. The molecule has 6 heteroatoms. The number of nitrogens with zero attached hydrogens (tertiary/aromatic N) is 1. The highest BCUT2D eigenvalue weighted by Gasteiger charge is 2.31. The number of likely N-dealkylation sites (N-methyl/N-ethyl adjacent to an activating group) is 1. The normalized spacial score (nSPS) is 11.3. The number of hydrogen-bond donors (Lipinski definition) is 0. The number of halogens is 3. The lowest BCUT2D eigenvalue weighted by Crippen LogP contribution is -2.27. The molecule has 3 nitrogen and oxygen atoms in total. The predicted octanol–water partition coefficient (Wildman–Crippen LogP) is 2.88. The van der Waals surface area contributed by atoms with Crippen LogP contribution < -0.4 is 4.74 Å². The van der Waals surface area contributed by atoms with Crippen LogP contribution in [0.25, 0.3) is 0 Å². The largest absolute Gasteiger partial charge is 0.431 e. The van der Waals surface area contributed by atoms with E-state index < -0.39 is 12.8 Å². The zero-order valence-electron chi connectivity index (χ0n) is 12.0. The number of carbonyl (C=O) groups excluding carboxylic acids is 1. The molecule has 0 aliphatic heterocycles. The van der Waals surface area contributed by atoms with Crippen molar-refractivity contribution in [3.63, 3.8) is 0 Å². The van der Waals surface area contributed by atoms with Crippen molar-refractivity contribution < 1.29 is 22.7 Å². The number of rotatable bonds is 5. The lowest BCUT2D eigenvalue weighted by Gasteiger charge is -2.18. The van der Waals surface area contributed by atoms with Gasteiger partial charge >= 0.3 is 6.11 Å². The molecule has 0 aliphatic rings. The van der Waals surface area contributed by atoms with E-state index >= 15 is 0 Å². The van der Waals surface area contributed by atoms with Crippen LogP contribution in [0.2, 0.25) is 0 Å². The highest BCUT2D eigenvalue weighted by atomic mass is 19.3. The van der Waals surface area contributed by atoms with Crippen molar-refractivity contribution in [3.05, 3.63) is 28.8 Å². The fourth-order valence-corrected chi connectivity index (χ4v) is 1.80. The molecule has 1 amide bonds. The van der Waals surface area contributed by atoms with Crippen molar-refractivity contribution in [3.8, 4) is 5.75 Å². The summed E-state index contributed by atoms with van der Waals surface area (Å²) in [7, 11) is 3.29. The van der Waals surface area contributed by atoms with E-state index in [9.17, 15) is 18.0 Å². The third-order valence-corrected chi connectivity index (χ3v) is 2.92. The molecule has 0 saturated carbocycles. The van der Waals surface area contributed by atoms with Crippen LogP contribution in [-0.2, 0) is 11.2 Å². The summed E-state index contributed by atoms with van der Waals surface area (Å²) < 4.78 is 42.1. The summed E-state index contributed by atoms with van der Waals surface area (Å²) >= 11 is 0. The van der Waals surface area contributed by atoms with Crippen LogP contribution in [0.3, 0.4) is 0 Å². The molecule has 20 heavy (non-hydrogen) atoms. The number of ether oxygens (including phenoxy) is 1. The molecule has 0 bridgehead atoms. The molecule has 1 aromatic carbocycles. The topological polar surface area (TPSA) is 29.5 Å². The molecule has 0 heterocycles. The van der Waals surface area contributed by atoms with Gasteiger partial charge in [-0.2, -0.15) is 8.78 Å². The molecule has 0 aromatic heterocycles. The third kappa shape index (κ3) is 4.15. The summed E-state index contributed by atoms with van der Waals surface area (Å²) in [5.74, 6) is -0.192. The molecule has 0 aliphatic carbocycles. The third-order valence-electron chi connectivity index (χ3n) is 2.92. The van der Waals surface area contributed by atoms with Crippen LogP contribution in [0.1, 0.15) is 16.7 Å². The van der Waals surface area contributed by atoms with Gasteiger partial charge in [0.05, 0.1) is 6.42 Å². The van der Waals surface area contributed by atoms with E-state index in [1.165, 1.54) is 17.0 Å². The molecule has 0 unspecified atom stereocenters. The molecule has 0 fully saturated rings. The van der Waals surface area contributed by atoms with Crippen molar-refractivity contribution in [1.82, 2.24) is 4.90 Å². The minimum atomic E-state index is -3.83. The van der Waals surface area contributed by atoms with Gasteiger partial charge in [0.1, 0.15) is 5.75 Å². The van der Waals surface area contributed by atoms with Crippen molar-refractivity contribution in [2.24, 2.45) is 0 Å².